The van der Waals surface area contributed by atoms with E-state index in [1.54, 1.807) is 25.4 Å². The summed E-state index contributed by atoms with van der Waals surface area (Å²) in [6.45, 7) is 1.79. The van der Waals surface area contributed by atoms with E-state index in [9.17, 15) is 18.0 Å². The summed E-state index contributed by atoms with van der Waals surface area (Å²) in [7, 11) is 0. The summed E-state index contributed by atoms with van der Waals surface area (Å²) in [5.41, 5.74) is 2.42. The Kier molecular flexibility index (Phi) is 4.26. The van der Waals surface area contributed by atoms with Gasteiger partial charge in [0.1, 0.15) is 5.75 Å². The van der Waals surface area contributed by atoms with Crippen molar-refractivity contribution < 1.29 is 17.9 Å². The van der Waals surface area contributed by atoms with E-state index in [2.05, 4.69) is 14.9 Å². The number of hydrogen-bond acceptors (Lipinski definition) is 4. The predicted molar refractivity (Wildman–Crippen MR) is 84.5 cm³/mol. The van der Waals surface area contributed by atoms with E-state index in [-0.39, 0.29) is 11.3 Å². The van der Waals surface area contributed by atoms with Gasteiger partial charge in [-0.15, -0.1) is 13.2 Å². The molecule has 128 valence electrons. The molecular formula is C17H12F3N3O2. The van der Waals surface area contributed by atoms with Crippen molar-refractivity contribution in [1.82, 2.24) is 14.8 Å². The highest BCUT2D eigenvalue weighted by Gasteiger charge is 2.30. The molecule has 25 heavy (non-hydrogen) atoms. The third kappa shape index (κ3) is 3.85. The van der Waals surface area contributed by atoms with Gasteiger partial charge in [0.25, 0.3) is 5.56 Å². The molecule has 0 aliphatic heterocycles. The topological polar surface area (TPSA) is 57.0 Å². The molecule has 0 N–H and O–H groups in total. The molecule has 0 atom stereocenters. The van der Waals surface area contributed by atoms with Crippen LogP contribution in [0.1, 0.15) is 5.56 Å². The lowest BCUT2D eigenvalue weighted by Crippen LogP contribution is -2.19. The zero-order valence-corrected chi connectivity index (χ0v) is 13.0. The number of benzene rings is 1. The summed E-state index contributed by atoms with van der Waals surface area (Å²) >= 11 is 0. The lowest BCUT2D eigenvalue weighted by atomic mass is 10.1. The average Bonchev–Trinajstić information content (AvgIpc) is 2.55. The Labute approximate surface area is 140 Å². The van der Waals surface area contributed by atoms with Crippen LogP contribution in [0.3, 0.4) is 0 Å². The maximum Gasteiger partial charge on any atom is 0.573 e. The average molecular weight is 347 g/mol. The molecule has 2 heterocycles. The molecule has 0 spiro atoms. The van der Waals surface area contributed by atoms with Crippen LogP contribution in [0, 0.1) is 6.92 Å². The third-order valence-electron chi connectivity index (χ3n) is 3.50. The highest BCUT2D eigenvalue weighted by Crippen LogP contribution is 2.25. The normalized spacial score (nSPS) is 11.4. The maximum absolute atomic E-state index is 12.3. The van der Waals surface area contributed by atoms with Gasteiger partial charge in [0.2, 0.25) is 0 Å². The largest absolute Gasteiger partial charge is 0.573 e. The van der Waals surface area contributed by atoms with Crippen molar-refractivity contribution in [3.05, 3.63) is 70.9 Å². The summed E-state index contributed by atoms with van der Waals surface area (Å²) in [6.07, 6.45) is -0.0388. The van der Waals surface area contributed by atoms with Gasteiger partial charge in [-0.05, 0) is 42.8 Å². The van der Waals surface area contributed by atoms with Crippen LogP contribution in [0.2, 0.25) is 0 Å². The van der Waals surface area contributed by atoms with Gasteiger partial charge in [0.15, 0.2) is 0 Å². The number of rotatable bonds is 3. The molecule has 3 aromatic rings. The zero-order valence-electron chi connectivity index (χ0n) is 13.0. The number of aromatic nitrogens is 3. The zero-order chi connectivity index (χ0) is 18.0. The minimum Gasteiger partial charge on any atom is -0.406 e. The molecule has 0 fully saturated rings. The molecule has 0 radical (unpaired) electrons. The fraction of sp³-hybridized carbons (Fsp3) is 0.118. The standard InChI is InChI=1S/C17H12F3N3O2/c1-11-8-16(24)23(10-15(11)12-6-7-21-22-9-12)13-2-4-14(5-3-13)25-17(18,19)20/h2-10H,1H3. The number of hydrogen-bond donors (Lipinski definition) is 0. The van der Waals surface area contributed by atoms with Gasteiger partial charge in [-0.1, -0.05) is 0 Å². The summed E-state index contributed by atoms with van der Waals surface area (Å²) in [4.78, 5) is 12.3. The number of aryl methyl sites for hydroxylation is 1. The van der Waals surface area contributed by atoms with Crippen molar-refractivity contribution in [2.24, 2.45) is 0 Å². The molecule has 0 saturated heterocycles. The van der Waals surface area contributed by atoms with E-state index in [0.717, 1.165) is 28.8 Å². The Morgan fingerprint density at radius 2 is 1.80 bits per heavy atom. The predicted octanol–water partition coefficient (Wildman–Crippen LogP) is 3.50. The fourth-order valence-corrected chi connectivity index (χ4v) is 2.39. The van der Waals surface area contributed by atoms with E-state index in [1.165, 1.54) is 29.0 Å². The molecule has 3 rings (SSSR count). The highest BCUT2D eigenvalue weighted by atomic mass is 19.4. The molecular weight excluding hydrogens is 335 g/mol. The molecule has 5 nitrogen and oxygen atoms in total. The Hall–Kier alpha value is -3.16. The Balaban J connectivity index is 2.01. The van der Waals surface area contributed by atoms with E-state index >= 15 is 0 Å². The molecule has 0 aliphatic rings. The van der Waals surface area contributed by atoms with E-state index in [4.69, 9.17) is 0 Å². The Morgan fingerprint density at radius 3 is 2.40 bits per heavy atom. The van der Waals surface area contributed by atoms with Crippen LogP contribution in [0.4, 0.5) is 13.2 Å². The van der Waals surface area contributed by atoms with Crippen LogP contribution in [0.5, 0.6) is 5.75 Å². The smallest absolute Gasteiger partial charge is 0.406 e. The van der Waals surface area contributed by atoms with Crippen LogP contribution >= 0.6 is 0 Å². The van der Waals surface area contributed by atoms with Crippen molar-refractivity contribution in [3.63, 3.8) is 0 Å². The second-order valence-electron chi connectivity index (χ2n) is 5.25. The lowest BCUT2D eigenvalue weighted by Gasteiger charge is -2.12. The first-order valence-electron chi connectivity index (χ1n) is 7.20. The van der Waals surface area contributed by atoms with Gasteiger partial charge < -0.3 is 4.74 Å². The molecule has 0 amide bonds. The highest BCUT2D eigenvalue weighted by molar-refractivity contribution is 5.65. The van der Waals surface area contributed by atoms with Gasteiger partial charge in [0.05, 0.1) is 12.4 Å². The molecule has 1 aromatic carbocycles. The van der Waals surface area contributed by atoms with Crippen LogP contribution < -0.4 is 10.3 Å². The minimum atomic E-state index is -4.76. The Morgan fingerprint density at radius 1 is 1.08 bits per heavy atom. The lowest BCUT2D eigenvalue weighted by molar-refractivity contribution is -0.274. The van der Waals surface area contributed by atoms with Crippen molar-refractivity contribution in [1.29, 1.82) is 0 Å². The first-order valence-corrected chi connectivity index (χ1v) is 7.20. The van der Waals surface area contributed by atoms with Gasteiger partial charge in [-0.2, -0.15) is 10.2 Å². The quantitative estimate of drug-likeness (QED) is 0.728. The maximum atomic E-state index is 12.3. The first-order chi connectivity index (χ1) is 11.8. The van der Waals surface area contributed by atoms with Crippen LogP contribution in [-0.2, 0) is 0 Å². The number of nitrogens with zero attached hydrogens (tertiary/aromatic N) is 3. The monoisotopic (exact) mass is 347 g/mol. The van der Waals surface area contributed by atoms with Gasteiger partial charge in [-0.25, -0.2) is 0 Å². The minimum absolute atomic E-state index is 0.298. The van der Waals surface area contributed by atoms with Crippen molar-refractivity contribution >= 4 is 0 Å². The Bertz CT molecular complexity index is 936. The second-order valence-corrected chi connectivity index (χ2v) is 5.25. The number of ether oxygens (including phenoxy) is 1. The van der Waals surface area contributed by atoms with Gasteiger partial charge in [-0.3, -0.25) is 9.36 Å². The summed E-state index contributed by atoms with van der Waals surface area (Å²) in [6, 6.07) is 8.28. The van der Waals surface area contributed by atoms with E-state index in [0.29, 0.717) is 5.69 Å². The molecule has 0 aliphatic carbocycles. The van der Waals surface area contributed by atoms with Gasteiger partial charge >= 0.3 is 6.36 Å². The molecule has 0 unspecified atom stereocenters. The van der Waals surface area contributed by atoms with Gasteiger partial charge in [0, 0.05) is 29.1 Å². The number of pyridine rings is 1. The van der Waals surface area contributed by atoms with E-state index < -0.39 is 6.36 Å². The summed E-state index contributed by atoms with van der Waals surface area (Å²) in [5, 5.41) is 7.53. The van der Waals surface area contributed by atoms with Crippen molar-refractivity contribution in [2.45, 2.75) is 13.3 Å². The first kappa shape index (κ1) is 16.7. The van der Waals surface area contributed by atoms with E-state index in [1.807, 2.05) is 0 Å². The fourth-order valence-electron chi connectivity index (χ4n) is 2.39. The van der Waals surface area contributed by atoms with Crippen molar-refractivity contribution in [3.8, 4) is 22.6 Å². The third-order valence-corrected chi connectivity index (χ3v) is 3.50. The second kappa shape index (κ2) is 6.39. The number of halogens is 3. The molecule has 2 aromatic heterocycles. The molecule has 0 bridgehead atoms. The van der Waals surface area contributed by atoms with Crippen LogP contribution in [-0.4, -0.2) is 21.1 Å². The number of alkyl halides is 3. The van der Waals surface area contributed by atoms with Crippen molar-refractivity contribution in [2.75, 3.05) is 0 Å². The van der Waals surface area contributed by atoms with Crippen LogP contribution in [0.25, 0.3) is 16.8 Å². The summed E-state index contributed by atoms with van der Waals surface area (Å²) < 4.78 is 41.9. The molecule has 8 heteroatoms. The summed E-state index contributed by atoms with van der Waals surface area (Å²) in [5.74, 6) is -0.352. The van der Waals surface area contributed by atoms with Crippen LogP contribution in [0.15, 0.2) is 59.8 Å². The SMILES string of the molecule is Cc1cc(=O)n(-c2ccc(OC(F)(F)F)cc2)cc1-c1ccnnc1. The molecule has 0 saturated carbocycles.